The second-order valence-corrected chi connectivity index (χ2v) is 6.76. The zero-order valence-electron chi connectivity index (χ0n) is 13.8. The van der Waals surface area contributed by atoms with Crippen LogP contribution in [-0.2, 0) is 16.8 Å². The van der Waals surface area contributed by atoms with E-state index in [9.17, 15) is 4.79 Å². The largest absolute Gasteiger partial charge is 0.497 e. The Labute approximate surface area is 148 Å². The van der Waals surface area contributed by atoms with Gasteiger partial charge in [0.1, 0.15) is 5.75 Å². The zero-order valence-corrected chi connectivity index (χ0v) is 14.6. The first-order valence-electron chi connectivity index (χ1n) is 8.31. The summed E-state index contributed by atoms with van der Waals surface area (Å²) in [7, 11) is 1.65. The molecule has 3 nitrogen and oxygen atoms in total. The third-order valence-corrected chi connectivity index (χ3v) is 5.15. The summed E-state index contributed by atoms with van der Waals surface area (Å²) >= 11 is 6.00. The van der Waals surface area contributed by atoms with Crippen molar-refractivity contribution in [2.24, 2.45) is 0 Å². The van der Waals surface area contributed by atoms with Crippen LogP contribution in [0.2, 0.25) is 5.02 Å². The highest BCUT2D eigenvalue weighted by Gasteiger charge is 2.42. The van der Waals surface area contributed by atoms with Gasteiger partial charge in [-0.15, -0.1) is 0 Å². The fourth-order valence-corrected chi connectivity index (χ4v) is 3.62. The van der Waals surface area contributed by atoms with Gasteiger partial charge in [0, 0.05) is 11.6 Å². The monoisotopic (exact) mass is 343 g/mol. The molecule has 0 aliphatic heterocycles. The first kappa shape index (κ1) is 16.8. The van der Waals surface area contributed by atoms with Crippen LogP contribution in [0.4, 0.5) is 0 Å². The Hall–Kier alpha value is -2.00. The molecule has 0 bridgehead atoms. The Morgan fingerprint density at radius 1 is 1.08 bits per heavy atom. The normalized spacial score (nSPS) is 15.9. The summed E-state index contributed by atoms with van der Waals surface area (Å²) in [5, 5.41) is 3.82. The molecule has 1 aliphatic rings. The van der Waals surface area contributed by atoms with Crippen LogP contribution in [0.15, 0.2) is 48.5 Å². The van der Waals surface area contributed by atoms with Crippen LogP contribution < -0.4 is 10.1 Å². The second kappa shape index (κ2) is 7.27. The van der Waals surface area contributed by atoms with E-state index < -0.39 is 5.41 Å². The Balaban J connectivity index is 1.73. The number of rotatable bonds is 5. The van der Waals surface area contributed by atoms with Crippen molar-refractivity contribution in [2.75, 3.05) is 7.11 Å². The van der Waals surface area contributed by atoms with Crippen molar-refractivity contribution in [2.45, 2.75) is 37.6 Å². The van der Waals surface area contributed by atoms with Crippen LogP contribution in [-0.4, -0.2) is 13.0 Å². The van der Waals surface area contributed by atoms with E-state index in [2.05, 4.69) is 5.32 Å². The Morgan fingerprint density at radius 2 is 1.71 bits per heavy atom. The smallest absolute Gasteiger partial charge is 0.230 e. The van der Waals surface area contributed by atoms with Crippen molar-refractivity contribution in [3.8, 4) is 5.75 Å². The lowest BCUT2D eigenvalue weighted by molar-refractivity contribution is -0.126. The summed E-state index contributed by atoms with van der Waals surface area (Å²) in [5.41, 5.74) is 1.71. The molecule has 1 fully saturated rings. The van der Waals surface area contributed by atoms with Gasteiger partial charge in [-0.25, -0.2) is 0 Å². The Morgan fingerprint density at radius 3 is 2.29 bits per heavy atom. The molecule has 1 amide bonds. The van der Waals surface area contributed by atoms with Gasteiger partial charge in [-0.05, 0) is 48.2 Å². The maximum Gasteiger partial charge on any atom is 0.230 e. The first-order chi connectivity index (χ1) is 11.6. The van der Waals surface area contributed by atoms with Crippen LogP contribution in [0.25, 0.3) is 0 Å². The molecule has 3 rings (SSSR count). The van der Waals surface area contributed by atoms with Crippen molar-refractivity contribution in [1.29, 1.82) is 0 Å². The third kappa shape index (κ3) is 3.41. The van der Waals surface area contributed by atoms with Gasteiger partial charge >= 0.3 is 0 Å². The molecule has 0 radical (unpaired) electrons. The number of hydrogen-bond acceptors (Lipinski definition) is 2. The zero-order chi connectivity index (χ0) is 17.0. The van der Waals surface area contributed by atoms with Crippen LogP contribution in [0.1, 0.15) is 36.8 Å². The minimum atomic E-state index is -0.420. The summed E-state index contributed by atoms with van der Waals surface area (Å²) in [5.74, 6) is 0.927. The topological polar surface area (TPSA) is 38.3 Å². The number of hydrogen-bond donors (Lipinski definition) is 1. The number of benzene rings is 2. The van der Waals surface area contributed by atoms with Gasteiger partial charge in [0.25, 0.3) is 0 Å². The van der Waals surface area contributed by atoms with Gasteiger partial charge in [0.15, 0.2) is 0 Å². The van der Waals surface area contributed by atoms with E-state index in [-0.39, 0.29) is 5.91 Å². The molecule has 2 aromatic rings. The molecule has 1 aliphatic carbocycles. The summed E-state index contributed by atoms with van der Waals surface area (Å²) in [6.45, 7) is 0.526. The van der Waals surface area contributed by atoms with E-state index in [1.54, 1.807) is 7.11 Å². The number of halogens is 1. The molecule has 126 valence electrons. The van der Waals surface area contributed by atoms with Crippen molar-refractivity contribution >= 4 is 17.5 Å². The van der Waals surface area contributed by atoms with Gasteiger partial charge in [-0.3, -0.25) is 4.79 Å². The van der Waals surface area contributed by atoms with Gasteiger partial charge in [0.05, 0.1) is 12.5 Å². The summed E-state index contributed by atoms with van der Waals surface area (Å²) < 4.78 is 5.16. The van der Waals surface area contributed by atoms with Gasteiger partial charge in [-0.2, -0.15) is 0 Å². The quantitative estimate of drug-likeness (QED) is 0.869. The first-order valence-corrected chi connectivity index (χ1v) is 8.69. The molecule has 2 aromatic carbocycles. The second-order valence-electron chi connectivity index (χ2n) is 6.33. The number of amides is 1. The van der Waals surface area contributed by atoms with E-state index in [1.807, 2.05) is 48.5 Å². The molecule has 4 heteroatoms. The standard InChI is InChI=1S/C20H22ClNO2/c1-24-18-10-4-15(5-11-18)14-22-19(23)20(12-2-3-13-20)16-6-8-17(21)9-7-16/h4-11H,2-3,12-14H2,1H3,(H,22,23). The molecule has 0 heterocycles. The van der Waals surface area contributed by atoms with Crippen molar-refractivity contribution in [3.63, 3.8) is 0 Å². The van der Waals surface area contributed by atoms with E-state index in [1.165, 1.54) is 0 Å². The van der Waals surface area contributed by atoms with Crippen molar-refractivity contribution in [1.82, 2.24) is 5.32 Å². The highest BCUT2D eigenvalue weighted by Crippen LogP contribution is 2.41. The maximum absolute atomic E-state index is 13.0. The number of ether oxygens (including phenoxy) is 1. The third-order valence-electron chi connectivity index (χ3n) is 4.90. The van der Waals surface area contributed by atoms with Gasteiger partial charge in [-0.1, -0.05) is 48.7 Å². The molecule has 1 saturated carbocycles. The summed E-state index contributed by atoms with van der Waals surface area (Å²) in [6, 6.07) is 15.5. The highest BCUT2D eigenvalue weighted by molar-refractivity contribution is 6.30. The minimum absolute atomic E-state index is 0.109. The average molecular weight is 344 g/mol. The molecular formula is C20H22ClNO2. The summed E-state index contributed by atoms with van der Waals surface area (Å²) in [6.07, 6.45) is 3.95. The Bertz CT molecular complexity index is 689. The molecule has 0 spiro atoms. The van der Waals surface area contributed by atoms with Gasteiger partial charge < -0.3 is 10.1 Å². The van der Waals surface area contributed by atoms with Crippen LogP contribution >= 0.6 is 11.6 Å². The predicted octanol–water partition coefficient (Wildman–Crippen LogP) is 4.48. The summed E-state index contributed by atoms with van der Waals surface area (Å²) in [4.78, 5) is 13.0. The molecule has 24 heavy (non-hydrogen) atoms. The molecule has 0 atom stereocenters. The van der Waals surface area contributed by atoms with Gasteiger partial charge in [0.2, 0.25) is 5.91 Å². The maximum atomic E-state index is 13.0. The molecular weight excluding hydrogens is 322 g/mol. The number of carbonyl (C=O) groups excluding carboxylic acids is 1. The fraction of sp³-hybridized carbons (Fsp3) is 0.350. The lowest BCUT2D eigenvalue weighted by atomic mass is 9.78. The van der Waals surface area contributed by atoms with Crippen LogP contribution in [0.3, 0.4) is 0 Å². The predicted molar refractivity (Wildman–Crippen MR) is 96.4 cm³/mol. The lowest BCUT2D eigenvalue weighted by Crippen LogP contribution is -2.42. The van der Waals surface area contributed by atoms with Crippen LogP contribution in [0.5, 0.6) is 5.75 Å². The number of methoxy groups -OCH3 is 1. The highest BCUT2D eigenvalue weighted by atomic mass is 35.5. The lowest BCUT2D eigenvalue weighted by Gasteiger charge is -2.28. The SMILES string of the molecule is COc1ccc(CNC(=O)C2(c3ccc(Cl)cc3)CCCC2)cc1. The number of carbonyl (C=O) groups is 1. The number of nitrogens with one attached hydrogen (secondary N) is 1. The molecule has 0 saturated heterocycles. The fourth-order valence-electron chi connectivity index (χ4n) is 3.49. The molecule has 0 unspecified atom stereocenters. The molecule has 0 aromatic heterocycles. The average Bonchev–Trinajstić information content (AvgIpc) is 3.12. The van der Waals surface area contributed by atoms with E-state index in [4.69, 9.17) is 16.3 Å². The van der Waals surface area contributed by atoms with Crippen LogP contribution in [0, 0.1) is 0 Å². The van der Waals surface area contributed by atoms with E-state index in [0.717, 1.165) is 42.6 Å². The van der Waals surface area contributed by atoms with Crippen molar-refractivity contribution in [3.05, 3.63) is 64.7 Å². The van der Waals surface area contributed by atoms with E-state index >= 15 is 0 Å². The van der Waals surface area contributed by atoms with Crippen molar-refractivity contribution < 1.29 is 9.53 Å². The minimum Gasteiger partial charge on any atom is -0.497 e. The molecule has 1 N–H and O–H groups in total. The van der Waals surface area contributed by atoms with E-state index in [0.29, 0.717) is 11.6 Å². The Kier molecular flexibility index (Phi) is 5.10.